The molecule has 1 unspecified atom stereocenters. The molecule has 3 heteroatoms. The summed E-state index contributed by atoms with van der Waals surface area (Å²) in [5.41, 5.74) is 1.31. The van der Waals surface area contributed by atoms with Crippen LogP contribution >= 0.6 is 0 Å². The van der Waals surface area contributed by atoms with Gasteiger partial charge in [-0.15, -0.1) is 0 Å². The van der Waals surface area contributed by atoms with Crippen molar-refractivity contribution >= 4 is 5.69 Å². The summed E-state index contributed by atoms with van der Waals surface area (Å²) in [5, 5.41) is 9.79. The van der Waals surface area contributed by atoms with Crippen molar-refractivity contribution in [1.29, 1.82) is 0 Å². The van der Waals surface area contributed by atoms with Gasteiger partial charge in [0.1, 0.15) is 5.82 Å². The van der Waals surface area contributed by atoms with E-state index in [1.807, 2.05) is 6.07 Å². The first-order valence-electron chi connectivity index (χ1n) is 7.35. The van der Waals surface area contributed by atoms with Crippen LogP contribution in [-0.4, -0.2) is 18.2 Å². The minimum Gasteiger partial charge on any atom is -0.389 e. The van der Waals surface area contributed by atoms with E-state index in [0.29, 0.717) is 5.56 Å². The lowest BCUT2D eigenvalue weighted by Crippen LogP contribution is -2.34. The van der Waals surface area contributed by atoms with Gasteiger partial charge in [0.2, 0.25) is 0 Å². The minimum atomic E-state index is -0.760. The molecular weight excluding hydrogens is 241 g/mol. The Morgan fingerprint density at radius 3 is 2.63 bits per heavy atom. The number of rotatable bonds is 4. The van der Waals surface area contributed by atoms with Crippen molar-refractivity contribution in [3.8, 4) is 0 Å². The number of nitrogens with zero attached hydrogens (tertiary/aromatic N) is 1. The summed E-state index contributed by atoms with van der Waals surface area (Å²) in [4.78, 5) is 2.22. The zero-order valence-corrected chi connectivity index (χ0v) is 11.9. The maximum absolute atomic E-state index is 13.9. The first-order valence-corrected chi connectivity index (χ1v) is 7.35. The fourth-order valence-corrected chi connectivity index (χ4v) is 3.09. The van der Waals surface area contributed by atoms with Crippen molar-refractivity contribution in [1.82, 2.24) is 0 Å². The Morgan fingerprint density at radius 2 is 2.05 bits per heavy atom. The summed E-state index contributed by atoms with van der Waals surface area (Å²) >= 11 is 0. The highest BCUT2D eigenvalue weighted by Crippen LogP contribution is 2.32. The molecule has 1 aliphatic heterocycles. The molecule has 0 spiro atoms. The molecule has 1 aliphatic rings. The summed E-state index contributed by atoms with van der Waals surface area (Å²) in [5.74, 6) is 0.507. The summed E-state index contributed by atoms with van der Waals surface area (Å²) in [7, 11) is 0. The molecule has 1 aromatic carbocycles. The number of anilines is 1. The highest BCUT2D eigenvalue weighted by atomic mass is 19.1. The predicted octanol–water partition coefficient (Wildman–Crippen LogP) is 3.90. The van der Waals surface area contributed by atoms with Gasteiger partial charge in [-0.25, -0.2) is 4.39 Å². The van der Waals surface area contributed by atoms with Gasteiger partial charge in [-0.3, -0.25) is 0 Å². The second kappa shape index (κ2) is 6.38. The predicted molar refractivity (Wildman–Crippen MR) is 76.9 cm³/mol. The van der Waals surface area contributed by atoms with E-state index in [9.17, 15) is 9.50 Å². The number of piperidine rings is 1. The molecule has 2 nitrogen and oxygen atoms in total. The van der Waals surface area contributed by atoms with Crippen molar-refractivity contribution in [2.75, 3.05) is 18.0 Å². The van der Waals surface area contributed by atoms with Crippen LogP contribution in [0.3, 0.4) is 0 Å². The van der Waals surface area contributed by atoms with Crippen molar-refractivity contribution in [3.63, 3.8) is 0 Å². The van der Waals surface area contributed by atoms with Gasteiger partial charge >= 0.3 is 0 Å². The average Bonchev–Trinajstić information content (AvgIpc) is 2.39. The SMILES string of the molecule is CCCC1CCN(c2cccc(F)c2C(C)O)CC1. The number of benzene rings is 1. The summed E-state index contributed by atoms with van der Waals surface area (Å²) in [6.45, 7) is 5.79. The van der Waals surface area contributed by atoms with E-state index in [2.05, 4.69) is 11.8 Å². The fourth-order valence-electron chi connectivity index (χ4n) is 3.09. The summed E-state index contributed by atoms with van der Waals surface area (Å²) < 4.78 is 13.9. The number of aliphatic hydroxyl groups excluding tert-OH is 1. The van der Waals surface area contributed by atoms with Crippen LogP contribution in [0.15, 0.2) is 18.2 Å². The number of hydrogen-bond donors (Lipinski definition) is 1. The molecule has 1 fully saturated rings. The van der Waals surface area contributed by atoms with Crippen LogP contribution in [0.2, 0.25) is 0 Å². The number of halogens is 1. The molecule has 0 radical (unpaired) electrons. The molecule has 106 valence electrons. The van der Waals surface area contributed by atoms with Crippen LogP contribution in [0, 0.1) is 11.7 Å². The molecule has 1 atom stereocenters. The second-order valence-electron chi connectivity index (χ2n) is 5.57. The van der Waals surface area contributed by atoms with Crippen LogP contribution in [-0.2, 0) is 0 Å². The van der Waals surface area contributed by atoms with Crippen molar-refractivity contribution in [3.05, 3.63) is 29.6 Å². The average molecular weight is 265 g/mol. The highest BCUT2D eigenvalue weighted by molar-refractivity contribution is 5.55. The Bertz CT molecular complexity index is 411. The third-order valence-electron chi connectivity index (χ3n) is 4.10. The van der Waals surface area contributed by atoms with Crippen LogP contribution in [0.1, 0.15) is 51.2 Å². The first-order chi connectivity index (χ1) is 9.13. The minimum absolute atomic E-state index is 0.303. The van der Waals surface area contributed by atoms with Gasteiger partial charge in [0, 0.05) is 24.3 Å². The van der Waals surface area contributed by atoms with Crippen LogP contribution in [0.4, 0.5) is 10.1 Å². The summed E-state index contributed by atoms with van der Waals surface area (Å²) in [6, 6.07) is 5.08. The van der Waals surface area contributed by atoms with Crippen LogP contribution < -0.4 is 4.90 Å². The maximum atomic E-state index is 13.9. The lowest BCUT2D eigenvalue weighted by Gasteiger charge is -2.35. The molecule has 1 N–H and O–H groups in total. The molecule has 1 heterocycles. The van der Waals surface area contributed by atoms with E-state index >= 15 is 0 Å². The van der Waals surface area contributed by atoms with Gasteiger partial charge in [-0.05, 0) is 37.8 Å². The third-order valence-corrected chi connectivity index (χ3v) is 4.10. The Labute approximate surface area is 115 Å². The molecule has 2 rings (SSSR count). The Morgan fingerprint density at radius 1 is 1.37 bits per heavy atom. The van der Waals surface area contributed by atoms with Gasteiger partial charge in [0.05, 0.1) is 6.10 Å². The number of hydrogen-bond acceptors (Lipinski definition) is 2. The van der Waals surface area contributed by atoms with E-state index in [1.165, 1.54) is 31.7 Å². The molecule has 19 heavy (non-hydrogen) atoms. The Balaban J connectivity index is 2.13. The smallest absolute Gasteiger partial charge is 0.131 e. The van der Waals surface area contributed by atoms with Gasteiger partial charge in [-0.2, -0.15) is 0 Å². The first kappa shape index (κ1) is 14.3. The molecule has 0 bridgehead atoms. The Hall–Kier alpha value is -1.09. The topological polar surface area (TPSA) is 23.5 Å². The summed E-state index contributed by atoms with van der Waals surface area (Å²) in [6.07, 6.45) is 4.11. The zero-order chi connectivity index (χ0) is 13.8. The van der Waals surface area contributed by atoms with Crippen LogP contribution in [0.25, 0.3) is 0 Å². The second-order valence-corrected chi connectivity index (χ2v) is 5.57. The largest absolute Gasteiger partial charge is 0.389 e. The van der Waals surface area contributed by atoms with E-state index in [1.54, 1.807) is 13.0 Å². The van der Waals surface area contributed by atoms with Crippen LogP contribution in [0.5, 0.6) is 0 Å². The third kappa shape index (κ3) is 3.27. The molecular formula is C16H24FNO. The Kier molecular flexibility index (Phi) is 4.81. The number of aliphatic hydroxyl groups is 1. The molecule has 0 amide bonds. The molecule has 0 aromatic heterocycles. The maximum Gasteiger partial charge on any atom is 0.131 e. The molecule has 1 saturated heterocycles. The van der Waals surface area contributed by atoms with Gasteiger partial charge < -0.3 is 10.0 Å². The van der Waals surface area contributed by atoms with Crippen molar-refractivity contribution < 1.29 is 9.50 Å². The molecule has 1 aromatic rings. The monoisotopic (exact) mass is 265 g/mol. The van der Waals surface area contributed by atoms with E-state index in [4.69, 9.17) is 0 Å². The zero-order valence-electron chi connectivity index (χ0n) is 11.9. The van der Waals surface area contributed by atoms with Gasteiger partial charge in [0.15, 0.2) is 0 Å². The molecule has 0 saturated carbocycles. The fraction of sp³-hybridized carbons (Fsp3) is 0.625. The quantitative estimate of drug-likeness (QED) is 0.892. The molecule has 0 aliphatic carbocycles. The van der Waals surface area contributed by atoms with E-state index in [0.717, 1.165) is 24.7 Å². The normalized spacial score (nSPS) is 18.6. The van der Waals surface area contributed by atoms with Crippen molar-refractivity contribution in [2.45, 2.75) is 45.6 Å². The standard InChI is InChI=1S/C16H24FNO/c1-3-5-13-8-10-18(11-9-13)15-7-4-6-14(17)16(15)12(2)19/h4,6-7,12-13,19H,3,5,8-11H2,1-2H3. The van der Waals surface area contributed by atoms with Crippen molar-refractivity contribution in [2.24, 2.45) is 5.92 Å². The van der Waals surface area contributed by atoms with Gasteiger partial charge in [0.25, 0.3) is 0 Å². The van der Waals surface area contributed by atoms with E-state index in [-0.39, 0.29) is 5.82 Å². The van der Waals surface area contributed by atoms with E-state index < -0.39 is 6.10 Å². The highest BCUT2D eigenvalue weighted by Gasteiger charge is 2.23. The lowest BCUT2D eigenvalue weighted by molar-refractivity contribution is 0.194. The lowest BCUT2D eigenvalue weighted by atomic mass is 9.91. The van der Waals surface area contributed by atoms with Gasteiger partial charge in [-0.1, -0.05) is 25.8 Å².